The second kappa shape index (κ2) is 7.26. The van der Waals surface area contributed by atoms with Crippen molar-refractivity contribution >= 4 is 11.8 Å². The number of hydrogen-bond acceptors (Lipinski definition) is 7. The molecule has 3 heterocycles. The Hall–Kier alpha value is -1.28. The molecule has 0 aromatic rings. The van der Waals surface area contributed by atoms with Crippen molar-refractivity contribution in [2.75, 3.05) is 0 Å². The molecule has 7 heteroatoms. The van der Waals surface area contributed by atoms with Gasteiger partial charge in [-0.3, -0.25) is 9.59 Å². The summed E-state index contributed by atoms with van der Waals surface area (Å²) in [4.78, 5) is 25.7. The molecule has 7 aliphatic rings. The molecule has 1 N–H and O–H groups in total. The number of carbonyl (C=O) groups is 2. The topological polar surface area (TPSA) is 97.9 Å². The summed E-state index contributed by atoms with van der Waals surface area (Å²) < 4.78 is 24.7. The fourth-order valence-corrected chi connectivity index (χ4v) is 10.7. The zero-order chi connectivity index (χ0) is 26.3. The Morgan fingerprint density at radius 3 is 2.65 bits per heavy atom. The number of ether oxygens (including phenoxy) is 4. The summed E-state index contributed by atoms with van der Waals surface area (Å²) in [6.45, 7) is 12.2. The number of aliphatic hydroxyl groups excluding tert-OH is 1. The van der Waals surface area contributed by atoms with Gasteiger partial charge in [0.15, 0.2) is 12.1 Å². The lowest BCUT2D eigenvalue weighted by molar-refractivity contribution is -0.208. The molecule has 7 nitrogen and oxygen atoms in total. The number of carbonyl (C=O) groups excluding carboxylic acids is 2. The largest absolute Gasteiger partial charge is 0.462 e. The Morgan fingerprint density at radius 2 is 1.95 bits per heavy atom. The van der Waals surface area contributed by atoms with Crippen LogP contribution < -0.4 is 0 Å². The van der Waals surface area contributed by atoms with Crippen LogP contribution in [0.25, 0.3) is 0 Å². The maximum absolute atomic E-state index is 13.4. The van der Waals surface area contributed by atoms with Crippen molar-refractivity contribution in [3.8, 4) is 0 Å². The molecule has 0 aromatic heterocycles. The number of ketones is 1. The number of hydrogen-bond donors (Lipinski definition) is 1. The van der Waals surface area contributed by atoms with Gasteiger partial charge in [-0.05, 0) is 88.0 Å². The lowest BCUT2D eigenvalue weighted by Gasteiger charge is -2.57. The summed E-state index contributed by atoms with van der Waals surface area (Å²) in [7, 11) is 0. The second-order valence-corrected chi connectivity index (χ2v) is 14.3. The minimum atomic E-state index is -0.963. The molecule has 1 spiro atoms. The third-order valence-corrected chi connectivity index (χ3v) is 12.9. The van der Waals surface area contributed by atoms with E-state index < -0.39 is 22.9 Å². The van der Waals surface area contributed by atoms with Crippen LogP contribution in [0.3, 0.4) is 0 Å². The van der Waals surface area contributed by atoms with Gasteiger partial charge in [0, 0.05) is 19.3 Å². The van der Waals surface area contributed by atoms with Crippen molar-refractivity contribution < 1.29 is 33.6 Å². The first kappa shape index (κ1) is 24.7. The summed E-state index contributed by atoms with van der Waals surface area (Å²) in [5, 5.41) is 10.8. The summed E-state index contributed by atoms with van der Waals surface area (Å²) in [6, 6.07) is 0. The molecule has 0 radical (unpaired) electrons. The molecule has 3 saturated heterocycles. The summed E-state index contributed by atoms with van der Waals surface area (Å²) in [5.41, 5.74) is -1.88. The Kier molecular flexibility index (Phi) is 4.86. The van der Waals surface area contributed by atoms with E-state index in [1.54, 1.807) is 6.08 Å². The average molecular weight is 515 g/mol. The SMILES string of the molecule is CC(=O)O[C@@H]1C[C@H]2[C@@H]3C[C@@H]4O[C@@]45CC=CC(=O)[C@]5(C)[C@H]3CC[C@]2(C)[C@@H]1[C@H](C)C1C[C@]2(C)O[C@]2(C)[C@H](O)O1. The summed E-state index contributed by atoms with van der Waals surface area (Å²) >= 11 is 0. The van der Waals surface area contributed by atoms with E-state index in [9.17, 15) is 14.7 Å². The van der Waals surface area contributed by atoms with Crippen molar-refractivity contribution in [1.82, 2.24) is 0 Å². The molecular weight excluding hydrogens is 472 g/mol. The third-order valence-electron chi connectivity index (χ3n) is 12.9. The highest BCUT2D eigenvalue weighted by Gasteiger charge is 2.78. The van der Waals surface area contributed by atoms with Crippen LogP contribution >= 0.6 is 0 Å². The Morgan fingerprint density at radius 1 is 1.19 bits per heavy atom. The van der Waals surface area contributed by atoms with E-state index >= 15 is 0 Å². The molecule has 37 heavy (non-hydrogen) atoms. The predicted molar refractivity (Wildman–Crippen MR) is 133 cm³/mol. The highest BCUT2D eigenvalue weighted by Crippen LogP contribution is 2.73. The van der Waals surface area contributed by atoms with Gasteiger partial charge in [0.1, 0.15) is 22.9 Å². The quantitative estimate of drug-likeness (QED) is 0.450. The van der Waals surface area contributed by atoms with E-state index in [1.807, 2.05) is 13.0 Å². The fourth-order valence-electron chi connectivity index (χ4n) is 10.7. The minimum absolute atomic E-state index is 0.0557. The lowest BCUT2D eigenvalue weighted by Crippen LogP contribution is -2.60. The van der Waals surface area contributed by atoms with Crippen molar-refractivity contribution in [1.29, 1.82) is 0 Å². The molecule has 0 bridgehead atoms. The number of fused-ring (bicyclic) bond motifs is 5. The van der Waals surface area contributed by atoms with Gasteiger partial charge in [0.05, 0.1) is 17.6 Å². The van der Waals surface area contributed by atoms with Crippen molar-refractivity contribution in [3.63, 3.8) is 0 Å². The molecule has 14 atom stereocenters. The van der Waals surface area contributed by atoms with Crippen LogP contribution in [-0.4, -0.2) is 58.3 Å². The summed E-state index contributed by atoms with van der Waals surface area (Å²) in [5.74, 6) is 1.14. The van der Waals surface area contributed by atoms with Gasteiger partial charge < -0.3 is 24.1 Å². The maximum atomic E-state index is 13.4. The van der Waals surface area contributed by atoms with Crippen molar-refractivity contribution in [2.45, 2.75) is 121 Å². The second-order valence-electron chi connectivity index (χ2n) is 14.3. The van der Waals surface area contributed by atoms with Gasteiger partial charge in [-0.25, -0.2) is 0 Å². The molecule has 4 aliphatic carbocycles. The van der Waals surface area contributed by atoms with E-state index in [0.717, 1.165) is 38.5 Å². The van der Waals surface area contributed by atoms with Crippen LogP contribution in [0.5, 0.6) is 0 Å². The molecule has 204 valence electrons. The smallest absolute Gasteiger partial charge is 0.302 e. The molecule has 0 amide bonds. The van der Waals surface area contributed by atoms with E-state index in [2.05, 4.69) is 27.7 Å². The zero-order valence-corrected chi connectivity index (χ0v) is 23.0. The number of rotatable bonds is 3. The Bertz CT molecular complexity index is 1090. The monoisotopic (exact) mass is 514 g/mol. The van der Waals surface area contributed by atoms with Crippen LogP contribution in [-0.2, 0) is 28.5 Å². The van der Waals surface area contributed by atoms with Gasteiger partial charge >= 0.3 is 5.97 Å². The van der Waals surface area contributed by atoms with Crippen LogP contribution in [0.1, 0.15) is 80.1 Å². The first-order valence-corrected chi connectivity index (χ1v) is 14.4. The fraction of sp³-hybridized carbons (Fsp3) is 0.867. The van der Waals surface area contributed by atoms with Gasteiger partial charge in [-0.1, -0.05) is 19.9 Å². The molecule has 3 saturated carbocycles. The van der Waals surface area contributed by atoms with E-state index in [1.165, 1.54) is 6.92 Å². The van der Waals surface area contributed by atoms with Crippen molar-refractivity contribution in [3.05, 3.63) is 12.2 Å². The number of esters is 1. The Balaban J connectivity index is 1.22. The van der Waals surface area contributed by atoms with Gasteiger partial charge in [-0.15, -0.1) is 0 Å². The molecule has 6 fully saturated rings. The highest BCUT2D eigenvalue weighted by atomic mass is 16.7. The van der Waals surface area contributed by atoms with E-state index in [-0.39, 0.29) is 58.8 Å². The standard InChI is InChI=1S/C30H42O7/c1-15(21-14-27(4)29(6,37-27)25(33)35-21)24-20(34-16(2)31)13-19-17-12-23-30(36-23)10-7-8-22(32)28(30,5)18(17)9-11-26(19,24)3/h7-8,15,17-21,23-25,33H,9-14H2,1-6H3/t15-,17-,18+,19+,20-,21?,23+,24-,25-,26+,27+,28+,29-,30+/m1/s1. The van der Waals surface area contributed by atoms with Crippen LogP contribution in [0.15, 0.2) is 12.2 Å². The van der Waals surface area contributed by atoms with Crippen LogP contribution in [0.4, 0.5) is 0 Å². The normalized spacial score (nSPS) is 59.8. The third kappa shape index (κ3) is 2.87. The van der Waals surface area contributed by atoms with Crippen molar-refractivity contribution in [2.24, 2.45) is 40.4 Å². The highest BCUT2D eigenvalue weighted by molar-refractivity contribution is 5.97. The van der Waals surface area contributed by atoms with Gasteiger partial charge in [0.2, 0.25) is 0 Å². The Labute approximate surface area is 219 Å². The summed E-state index contributed by atoms with van der Waals surface area (Å²) in [6.07, 6.45) is 7.91. The molecule has 3 aliphatic heterocycles. The minimum Gasteiger partial charge on any atom is -0.462 e. The van der Waals surface area contributed by atoms with E-state index in [4.69, 9.17) is 18.9 Å². The molecular formula is C30H42O7. The predicted octanol–water partition coefficient (Wildman–Crippen LogP) is 3.95. The first-order valence-electron chi connectivity index (χ1n) is 14.4. The zero-order valence-electron chi connectivity index (χ0n) is 23.0. The lowest BCUT2D eigenvalue weighted by atomic mass is 9.44. The molecule has 0 aromatic carbocycles. The number of aliphatic hydroxyl groups is 1. The first-order chi connectivity index (χ1) is 17.3. The molecule has 1 unspecified atom stereocenters. The van der Waals surface area contributed by atoms with Gasteiger partial charge in [-0.2, -0.15) is 0 Å². The van der Waals surface area contributed by atoms with Gasteiger partial charge in [0.25, 0.3) is 0 Å². The number of allylic oxidation sites excluding steroid dienone is 1. The van der Waals surface area contributed by atoms with E-state index in [0.29, 0.717) is 11.8 Å². The maximum Gasteiger partial charge on any atom is 0.302 e. The number of epoxide rings is 2. The van der Waals surface area contributed by atoms with Crippen LogP contribution in [0, 0.1) is 40.4 Å². The molecule has 7 rings (SSSR count). The average Bonchev–Trinajstić information content (AvgIpc) is 3.63. The van der Waals surface area contributed by atoms with Crippen LogP contribution in [0.2, 0.25) is 0 Å².